The van der Waals surface area contributed by atoms with Crippen LogP contribution in [0.1, 0.15) is 24.8 Å². The molecule has 1 aromatic heterocycles. The highest BCUT2D eigenvalue weighted by Gasteiger charge is 2.34. The molecular weight excluding hydrogens is 854 g/mol. The highest BCUT2D eigenvalue weighted by molar-refractivity contribution is 7.90. The van der Waals surface area contributed by atoms with Gasteiger partial charge < -0.3 is 19.9 Å². The van der Waals surface area contributed by atoms with Crippen LogP contribution in [0.25, 0.3) is 16.6 Å². The molecule has 20 heteroatoms. The number of hydrogen-bond donors (Lipinski definition) is 3. The van der Waals surface area contributed by atoms with Crippen molar-refractivity contribution in [2.45, 2.75) is 31.5 Å². The predicted molar refractivity (Wildman–Crippen MR) is 233 cm³/mol. The van der Waals surface area contributed by atoms with Crippen LogP contribution in [0, 0.1) is 28.9 Å². The first-order valence-electron chi connectivity index (χ1n) is 20.9. The topological polar surface area (TPSA) is 185 Å². The summed E-state index contributed by atoms with van der Waals surface area (Å²) >= 11 is 0. The van der Waals surface area contributed by atoms with E-state index >= 15 is 8.78 Å². The molecular formula is C44H43F3N10O6S. The molecule has 16 nitrogen and oxygen atoms in total. The minimum Gasteiger partial charge on any atom is -0.453 e. The maximum Gasteiger partial charge on any atom is 0.301 e. The standard InChI is InChI=1S/C44H43F3N10O6S/c45-28-13-14-56(25-28)64(61,62)52-38-9-7-35(46)42(34(38)21-48)63-32-6-8-37-33(20-32)44(60)57(26-49-37)31-4-2-30(3-5-31)54-17-15-53(16-18-54)22-27-23-55(24-27)40-11-1-29(19-36(40)47)50-39-10-12-41(58)51-43(39)59/h1-9,11,19-20,26-28,39,50,52H,10,12-18,22-25H2,(H,51,58,59)/t28-,39?/m1/s1. The van der Waals surface area contributed by atoms with Crippen LogP contribution in [0.2, 0.25) is 0 Å². The van der Waals surface area contributed by atoms with Gasteiger partial charge in [0, 0.05) is 82.6 Å². The number of alkyl halides is 1. The van der Waals surface area contributed by atoms with Gasteiger partial charge >= 0.3 is 10.2 Å². The number of aromatic nitrogens is 2. The van der Waals surface area contributed by atoms with Crippen LogP contribution in [0.15, 0.2) is 83.9 Å². The lowest BCUT2D eigenvalue weighted by atomic mass is 9.97. The first-order valence-corrected chi connectivity index (χ1v) is 22.3. The first-order chi connectivity index (χ1) is 30.8. The molecule has 64 heavy (non-hydrogen) atoms. The fourth-order valence-corrected chi connectivity index (χ4v) is 9.86. The van der Waals surface area contributed by atoms with Crippen molar-refractivity contribution >= 4 is 55.7 Å². The van der Waals surface area contributed by atoms with Gasteiger partial charge in [-0.1, -0.05) is 0 Å². The van der Waals surface area contributed by atoms with Gasteiger partial charge in [0.1, 0.15) is 41.7 Å². The Kier molecular flexibility index (Phi) is 11.6. The summed E-state index contributed by atoms with van der Waals surface area (Å²) in [5.74, 6) is -2.17. The number of carbonyl (C=O) groups is 2. The van der Waals surface area contributed by atoms with Crippen molar-refractivity contribution in [2.24, 2.45) is 5.92 Å². The van der Waals surface area contributed by atoms with Crippen molar-refractivity contribution in [3.8, 4) is 23.3 Å². The lowest BCUT2D eigenvalue weighted by molar-refractivity contribution is -0.133. The average molecular weight is 897 g/mol. The monoisotopic (exact) mass is 896 g/mol. The van der Waals surface area contributed by atoms with Gasteiger partial charge in [0.25, 0.3) is 5.56 Å². The van der Waals surface area contributed by atoms with E-state index in [4.69, 9.17) is 4.74 Å². The zero-order valence-electron chi connectivity index (χ0n) is 34.3. The molecule has 3 N–H and O–H groups in total. The van der Waals surface area contributed by atoms with Crippen LogP contribution in [0.4, 0.5) is 35.9 Å². The number of nitriles is 1. The maximum absolute atomic E-state index is 15.1. The Morgan fingerprint density at radius 1 is 0.859 bits per heavy atom. The number of nitrogens with one attached hydrogen (secondary N) is 3. The fraction of sp³-hybridized carbons (Fsp3) is 0.341. The minimum absolute atomic E-state index is 0.00488. The molecule has 5 heterocycles. The molecule has 2 atom stereocenters. The molecule has 0 aliphatic carbocycles. The predicted octanol–water partition coefficient (Wildman–Crippen LogP) is 4.50. The number of fused-ring (bicyclic) bond motifs is 1. The number of imide groups is 1. The zero-order chi connectivity index (χ0) is 44.7. The average Bonchev–Trinajstić information content (AvgIpc) is 3.72. The minimum atomic E-state index is -4.24. The molecule has 2 amide bonds. The molecule has 4 saturated heterocycles. The van der Waals surface area contributed by atoms with E-state index < -0.39 is 51.0 Å². The van der Waals surface area contributed by atoms with Crippen LogP contribution in [-0.2, 0) is 19.8 Å². The van der Waals surface area contributed by atoms with E-state index in [0.717, 1.165) is 67.9 Å². The molecule has 0 spiro atoms. The summed E-state index contributed by atoms with van der Waals surface area (Å²) in [5, 5.41) is 15.4. The summed E-state index contributed by atoms with van der Waals surface area (Å²) in [5.41, 5.74) is 1.81. The van der Waals surface area contributed by atoms with Crippen LogP contribution >= 0.6 is 0 Å². The second-order valence-corrected chi connectivity index (χ2v) is 18.0. The quantitative estimate of drug-likeness (QED) is 0.149. The zero-order valence-corrected chi connectivity index (χ0v) is 35.2. The molecule has 4 fully saturated rings. The smallest absolute Gasteiger partial charge is 0.301 e. The van der Waals surface area contributed by atoms with E-state index in [1.54, 1.807) is 18.2 Å². The Balaban J connectivity index is 0.797. The SMILES string of the molecule is N#Cc1c(NS(=O)(=O)N2CC[C@@H](F)C2)ccc(F)c1Oc1ccc2ncn(-c3ccc(N4CCN(CC5CN(c6ccc(NC7CCC(=O)NC7=O)cc6F)C5)CC4)cc3)c(=O)c2c1. The molecule has 4 aromatic carbocycles. The third kappa shape index (κ3) is 8.78. The van der Waals surface area contributed by atoms with Crippen molar-refractivity contribution in [3.63, 3.8) is 0 Å². The van der Waals surface area contributed by atoms with Crippen LogP contribution in [0.3, 0.4) is 0 Å². The van der Waals surface area contributed by atoms with Gasteiger partial charge in [0.15, 0.2) is 11.6 Å². The number of nitrogens with zero attached hydrogens (tertiary/aromatic N) is 7. The van der Waals surface area contributed by atoms with E-state index in [1.165, 1.54) is 35.2 Å². The van der Waals surface area contributed by atoms with Gasteiger partial charge in [0.2, 0.25) is 11.8 Å². The highest BCUT2D eigenvalue weighted by Crippen LogP contribution is 2.35. The number of carbonyl (C=O) groups excluding carboxylic acids is 2. The first kappa shape index (κ1) is 42.6. The highest BCUT2D eigenvalue weighted by atomic mass is 32.2. The largest absolute Gasteiger partial charge is 0.453 e. The van der Waals surface area contributed by atoms with E-state index in [0.29, 0.717) is 34.9 Å². The molecule has 9 rings (SSSR count). The molecule has 0 bridgehead atoms. The van der Waals surface area contributed by atoms with E-state index in [1.807, 2.05) is 29.2 Å². The Labute approximate surface area is 366 Å². The molecule has 5 aromatic rings. The molecule has 0 radical (unpaired) electrons. The summed E-state index contributed by atoms with van der Waals surface area (Å²) in [6.45, 7) is 5.29. The van der Waals surface area contributed by atoms with Gasteiger partial charge in [0.05, 0.1) is 28.0 Å². The number of anilines is 4. The molecule has 4 aliphatic heterocycles. The maximum atomic E-state index is 15.1. The van der Waals surface area contributed by atoms with Crippen LogP contribution in [-0.4, -0.2) is 110 Å². The van der Waals surface area contributed by atoms with Gasteiger partial charge in [-0.15, -0.1) is 0 Å². The number of rotatable bonds is 12. The summed E-state index contributed by atoms with van der Waals surface area (Å²) in [6.07, 6.45) is 0.740. The van der Waals surface area contributed by atoms with Crippen molar-refractivity contribution in [3.05, 3.63) is 107 Å². The number of amides is 2. The Morgan fingerprint density at radius 3 is 2.33 bits per heavy atom. The number of hydrogen-bond acceptors (Lipinski definition) is 12. The lowest BCUT2D eigenvalue weighted by Gasteiger charge is -2.45. The number of piperidine rings is 1. The van der Waals surface area contributed by atoms with E-state index in [9.17, 15) is 32.5 Å². The molecule has 332 valence electrons. The number of ether oxygens (including phenoxy) is 1. The van der Waals surface area contributed by atoms with Crippen molar-refractivity contribution in [1.29, 1.82) is 5.26 Å². The molecule has 1 unspecified atom stereocenters. The van der Waals surface area contributed by atoms with Crippen molar-refractivity contribution in [1.82, 2.24) is 24.1 Å². The van der Waals surface area contributed by atoms with Gasteiger partial charge in [-0.3, -0.25) is 33.9 Å². The van der Waals surface area contributed by atoms with E-state index in [2.05, 4.69) is 30.1 Å². The number of halogens is 3. The lowest BCUT2D eigenvalue weighted by Crippen LogP contribution is -2.55. The van der Waals surface area contributed by atoms with Crippen molar-refractivity contribution < 1.29 is 35.9 Å². The Morgan fingerprint density at radius 2 is 1.62 bits per heavy atom. The normalized spacial score (nSPS) is 19.9. The van der Waals surface area contributed by atoms with Crippen LogP contribution in [0.5, 0.6) is 11.5 Å². The summed E-state index contributed by atoms with van der Waals surface area (Å²) in [7, 11) is -4.24. The van der Waals surface area contributed by atoms with Crippen molar-refractivity contribution in [2.75, 3.05) is 78.7 Å². The van der Waals surface area contributed by atoms with Gasteiger partial charge in [-0.2, -0.15) is 18.0 Å². The summed E-state index contributed by atoms with van der Waals surface area (Å²) < 4.78 is 80.1. The second kappa shape index (κ2) is 17.5. The van der Waals surface area contributed by atoms with Gasteiger partial charge in [-0.25, -0.2) is 18.2 Å². The Bertz CT molecular complexity index is 2850. The fourth-order valence-electron chi connectivity index (χ4n) is 8.57. The second-order valence-electron chi connectivity index (χ2n) is 16.4. The number of piperazine rings is 1. The third-order valence-electron chi connectivity index (χ3n) is 12.1. The third-order valence-corrected chi connectivity index (χ3v) is 13.5. The summed E-state index contributed by atoms with van der Waals surface area (Å²) in [6, 6.07) is 20.0. The van der Waals surface area contributed by atoms with Crippen LogP contribution < -0.4 is 35.5 Å². The number of benzene rings is 4. The van der Waals surface area contributed by atoms with E-state index in [-0.39, 0.29) is 54.5 Å². The molecule has 0 saturated carbocycles. The molecule has 4 aliphatic rings. The Hall–Kier alpha value is -6.69. The van der Waals surface area contributed by atoms with Gasteiger partial charge in [-0.05, 0) is 85.6 Å². The summed E-state index contributed by atoms with van der Waals surface area (Å²) in [4.78, 5) is 48.5.